The van der Waals surface area contributed by atoms with Crippen molar-refractivity contribution < 1.29 is 23.4 Å². The zero-order valence-corrected chi connectivity index (χ0v) is 11.4. The molecule has 1 aromatic heterocycles. The molecule has 0 bridgehead atoms. The average Bonchev–Trinajstić information content (AvgIpc) is 2.89. The Balaban J connectivity index is 2.10. The summed E-state index contributed by atoms with van der Waals surface area (Å²) in [6.45, 7) is 0.438. The molecule has 0 atom stereocenters. The minimum atomic E-state index is -0.452. The molecule has 0 amide bonds. The standard InChI is InChI=1S/C15H16O5/c1-17-10-14-13(15(16)18-2)8-12(20-14)9-19-11-6-4-3-5-7-11/h3-8H,9-10H2,1-2H3. The van der Waals surface area contributed by atoms with Gasteiger partial charge in [0.25, 0.3) is 0 Å². The van der Waals surface area contributed by atoms with E-state index in [0.717, 1.165) is 5.75 Å². The highest BCUT2D eigenvalue weighted by Gasteiger charge is 2.18. The second-order valence-corrected chi connectivity index (χ2v) is 4.08. The molecule has 0 aliphatic rings. The number of hydrogen-bond acceptors (Lipinski definition) is 5. The van der Waals surface area contributed by atoms with Gasteiger partial charge in [0.05, 0.1) is 7.11 Å². The quantitative estimate of drug-likeness (QED) is 0.759. The predicted molar refractivity (Wildman–Crippen MR) is 71.5 cm³/mol. The largest absolute Gasteiger partial charge is 0.486 e. The molecular formula is C15H16O5. The fourth-order valence-corrected chi connectivity index (χ4v) is 1.75. The summed E-state index contributed by atoms with van der Waals surface area (Å²) in [6, 6.07) is 11.0. The Kier molecular flexibility index (Phi) is 4.79. The first-order chi connectivity index (χ1) is 9.74. The van der Waals surface area contributed by atoms with E-state index in [9.17, 15) is 4.79 Å². The van der Waals surface area contributed by atoms with Gasteiger partial charge in [-0.25, -0.2) is 4.79 Å². The SMILES string of the molecule is COCc1oc(COc2ccccc2)cc1C(=O)OC. The monoisotopic (exact) mass is 276 g/mol. The minimum Gasteiger partial charge on any atom is -0.486 e. The molecule has 5 nitrogen and oxygen atoms in total. The van der Waals surface area contributed by atoms with Crippen LogP contribution in [0.3, 0.4) is 0 Å². The van der Waals surface area contributed by atoms with Crippen molar-refractivity contribution >= 4 is 5.97 Å². The van der Waals surface area contributed by atoms with Gasteiger partial charge in [-0.1, -0.05) is 18.2 Å². The molecule has 2 rings (SSSR count). The van der Waals surface area contributed by atoms with Crippen LogP contribution in [0.15, 0.2) is 40.8 Å². The van der Waals surface area contributed by atoms with Crippen LogP contribution in [-0.2, 0) is 22.7 Å². The van der Waals surface area contributed by atoms with E-state index in [1.54, 1.807) is 6.07 Å². The highest BCUT2D eigenvalue weighted by molar-refractivity contribution is 5.90. The van der Waals surface area contributed by atoms with E-state index in [2.05, 4.69) is 0 Å². The van der Waals surface area contributed by atoms with Crippen LogP contribution in [0.1, 0.15) is 21.9 Å². The van der Waals surface area contributed by atoms with Crippen molar-refractivity contribution in [2.45, 2.75) is 13.2 Å². The van der Waals surface area contributed by atoms with Gasteiger partial charge in [-0.3, -0.25) is 0 Å². The van der Waals surface area contributed by atoms with Crippen molar-refractivity contribution in [2.75, 3.05) is 14.2 Å². The zero-order chi connectivity index (χ0) is 14.4. The zero-order valence-electron chi connectivity index (χ0n) is 11.4. The lowest BCUT2D eigenvalue weighted by molar-refractivity contribution is 0.0592. The lowest BCUT2D eigenvalue weighted by atomic mass is 10.2. The van der Waals surface area contributed by atoms with Crippen LogP contribution < -0.4 is 4.74 Å². The Morgan fingerprint density at radius 2 is 1.90 bits per heavy atom. The van der Waals surface area contributed by atoms with Crippen molar-refractivity contribution in [3.05, 3.63) is 53.5 Å². The molecule has 0 unspecified atom stereocenters. The van der Waals surface area contributed by atoms with Crippen LogP contribution in [0.25, 0.3) is 0 Å². The maximum atomic E-state index is 11.6. The fourth-order valence-electron chi connectivity index (χ4n) is 1.75. The molecule has 0 radical (unpaired) electrons. The van der Waals surface area contributed by atoms with Crippen LogP contribution in [0.4, 0.5) is 0 Å². The number of ether oxygens (including phenoxy) is 3. The van der Waals surface area contributed by atoms with Gasteiger partial charge in [0.15, 0.2) is 0 Å². The summed E-state index contributed by atoms with van der Waals surface area (Å²) in [5.74, 6) is 1.26. The molecule has 5 heteroatoms. The number of benzene rings is 1. The van der Waals surface area contributed by atoms with Gasteiger partial charge >= 0.3 is 5.97 Å². The van der Waals surface area contributed by atoms with E-state index in [0.29, 0.717) is 17.1 Å². The Morgan fingerprint density at radius 1 is 1.15 bits per heavy atom. The first-order valence-electron chi connectivity index (χ1n) is 6.11. The highest BCUT2D eigenvalue weighted by Crippen LogP contribution is 2.19. The number of methoxy groups -OCH3 is 2. The van der Waals surface area contributed by atoms with Crippen molar-refractivity contribution in [3.63, 3.8) is 0 Å². The van der Waals surface area contributed by atoms with Crippen LogP contribution in [0.5, 0.6) is 5.75 Å². The third-order valence-electron chi connectivity index (χ3n) is 2.67. The maximum absolute atomic E-state index is 11.6. The average molecular weight is 276 g/mol. The van der Waals surface area contributed by atoms with E-state index >= 15 is 0 Å². The number of para-hydroxylation sites is 1. The minimum absolute atomic E-state index is 0.204. The molecule has 1 aromatic carbocycles. The number of furan rings is 1. The second-order valence-electron chi connectivity index (χ2n) is 4.08. The second kappa shape index (κ2) is 6.77. The van der Waals surface area contributed by atoms with Gasteiger partial charge in [0, 0.05) is 7.11 Å². The fraction of sp³-hybridized carbons (Fsp3) is 0.267. The molecule has 0 saturated heterocycles. The Hall–Kier alpha value is -2.27. The lowest BCUT2D eigenvalue weighted by Crippen LogP contribution is -2.03. The molecule has 0 aliphatic carbocycles. The molecule has 0 aliphatic heterocycles. The van der Waals surface area contributed by atoms with Crippen molar-refractivity contribution in [1.82, 2.24) is 0 Å². The molecule has 0 saturated carbocycles. The van der Waals surface area contributed by atoms with Gasteiger partial charge in [-0.15, -0.1) is 0 Å². The molecular weight excluding hydrogens is 260 g/mol. The maximum Gasteiger partial charge on any atom is 0.341 e. The number of rotatable bonds is 6. The third-order valence-corrected chi connectivity index (χ3v) is 2.67. The van der Waals surface area contributed by atoms with E-state index in [4.69, 9.17) is 18.6 Å². The number of esters is 1. The van der Waals surface area contributed by atoms with E-state index in [-0.39, 0.29) is 13.2 Å². The summed E-state index contributed by atoms with van der Waals surface area (Å²) >= 11 is 0. The lowest BCUT2D eigenvalue weighted by Gasteiger charge is -2.02. The van der Waals surface area contributed by atoms with Crippen molar-refractivity contribution in [1.29, 1.82) is 0 Å². The van der Waals surface area contributed by atoms with Gasteiger partial charge < -0.3 is 18.6 Å². The smallest absolute Gasteiger partial charge is 0.341 e. The molecule has 0 fully saturated rings. The molecule has 1 heterocycles. The molecule has 106 valence electrons. The molecule has 2 aromatic rings. The van der Waals surface area contributed by atoms with Gasteiger partial charge in [-0.05, 0) is 18.2 Å². The normalized spacial score (nSPS) is 10.3. The predicted octanol–water partition coefficient (Wildman–Crippen LogP) is 2.79. The van der Waals surface area contributed by atoms with E-state index in [1.165, 1.54) is 14.2 Å². The van der Waals surface area contributed by atoms with Crippen LogP contribution in [0.2, 0.25) is 0 Å². The van der Waals surface area contributed by atoms with Gasteiger partial charge in [0.2, 0.25) is 0 Å². The van der Waals surface area contributed by atoms with Crippen LogP contribution in [0, 0.1) is 0 Å². The van der Waals surface area contributed by atoms with Crippen LogP contribution >= 0.6 is 0 Å². The Labute approximate surface area is 117 Å². The number of carbonyl (C=O) groups excluding carboxylic acids is 1. The first-order valence-corrected chi connectivity index (χ1v) is 6.11. The molecule has 0 spiro atoms. The van der Waals surface area contributed by atoms with Crippen LogP contribution in [-0.4, -0.2) is 20.2 Å². The summed E-state index contributed by atoms with van der Waals surface area (Å²) in [7, 11) is 2.86. The Bertz CT molecular complexity index is 559. The highest BCUT2D eigenvalue weighted by atomic mass is 16.5. The third kappa shape index (κ3) is 3.39. The van der Waals surface area contributed by atoms with Crippen molar-refractivity contribution in [3.8, 4) is 5.75 Å². The Morgan fingerprint density at radius 3 is 2.55 bits per heavy atom. The summed E-state index contributed by atoms with van der Waals surface area (Å²) in [4.78, 5) is 11.6. The van der Waals surface area contributed by atoms with Gasteiger partial charge in [-0.2, -0.15) is 0 Å². The molecule has 0 N–H and O–H groups in total. The summed E-state index contributed by atoms with van der Waals surface area (Å²) in [5, 5.41) is 0. The topological polar surface area (TPSA) is 57.9 Å². The number of hydrogen-bond donors (Lipinski definition) is 0. The summed E-state index contributed by atoms with van der Waals surface area (Å²) in [6.07, 6.45) is 0. The van der Waals surface area contributed by atoms with Gasteiger partial charge in [0.1, 0.15) is 36.0 Å². The number of carbonyl (C=O) groups is 1. The van der Waals surface area contributed by atoms with E-state index in [1.807, 2.05) is 30.3 Å². The first kappa shape index (κ1) is 14.1. The molecule has 20 heavy (non-hydrogen) atoms. The summed E-state index contributed by atoms with van der Waals surface area (Å²) < 4.78 is 20.8. The van der Waals surface area contributed by atoms with Crippen molar-refractivity contribution in [2.24, 2.45) is 0 Å². The summed E-state index contributed by atoms with van der Waals surface area (Å²) in [5.41, 5.74) is 0.362. The van der Waals surface area contributed by atoms with E-state index < -0.39 is 5.97 Å².